The van der Waals surface area contributed by atoms with Crippen molar-refractivity contribution in [2.24, 2.45) is 5.92 Å². The summed E-state index contributed by atoms with van der Waals surface area (Å²) in [7, 11) is 0. The molecule has 0 aliphatic heterocycles. The summed E-state index contributed by atoms with van der Waals surface area (Å²) in [6, 6.07) is 6.95. The minimum atomic E-state index is -0.832. The van der Waals surface area contributed by atoms with Gasteiger partial charge in [-0.05, 0) is 24.5 Å². The van der Waals surface area contributed by atoms with Crippen molar-refractivity contribution in [3.05, 3.63) is 30.5 Å². The average molecular weight is 257 g/mol. The zero-order valence-electron chi connectivity index (χ0n) is 10.4. The molecule has 1 saturated carbocycles. The van der Waals surface area contributed by atoms with E-state index >= 15 is 0 Å². The highest BCUT2D eigenvalue weighted by Gasteiger charge is 2.29. The second-order valence-electron chi connectivity index (χ2n) is 4.96. The van der Waals surface area contributed by atoms with Gasteiger partial charge in [0.15, 0.2) is 0 Å². The molecule has 2 N–H and O–H groups in total. The summed E-state index contributed by atoms with van der Waals surface area (Å²) in [5.41, 5.74) is 1.57. The number of nitrogens with one attached hydrogen (secondary N) is 1. The van der Waals surface area contributed by atoms with Gasteiger partial charge in [0.05, 0.1) is 17.2 Å². The zero-order chi connectivity index (χ0) is 13.2. The van der Waals surface area contributed by atoms with Gasteiger partial charge >= 0.3 is 5.97 Å². The predicted molar refractivity (Wildman–Crippen MR) is 71.9 cm³/mol. The van der Waals surface area contributed by atoms with Crippen LogP contribution in [0.25, 0.3) is 11.0 Å². The number of fused-ring (bicyclic) bond motifs is 1. The average Bonchev–Trinajstić information content (AvgIpc) is 3.22. The Bertz CT molecular complexity index is 610. The number of benzene rings is 1. The molecular weight excluding hydrogens is 242 g/mol. The lowest BCUT2D eigenvalue weighted by Crippen LogP contribution is -2.30. The van der Waals surface area contributed by atoms with Crippen molar-refractivity contribution in [3.63, 3.8) is 0 Å². The Morgan fingerprint density at radius 1 is 1.37 bits per heavy atom. The minimum absolute atomic E-state index is 0.520. The van der Waals surface area contributed by atoms with E-state index < -0.39 is 12.0 Å². The predicted octanol–water partition coefficient (Wildman–Crippen LogP) is 2.29. The first-order chi connectivity index (χ1) is 9.22. The molecule has 0 saturated heterocycles. The van der Waals surface area contributed by atoms with E-state index in [-0.39, 0.29) is 0 Å². The molecular formula is C14H15N3O2. The number of rotatable bonds is 5. The first-order valence-corrected chi connectivity index (χ1v) is 6.43. The highest BCUT2D eigenvalue weighted by atomic mass is 16.4. The van der Waals surface area contributed by atoms with E-state index in [1.807, 2.05) is 24.3 Å². The van der Waals surface area contributed by atoms with Crippen molar-refractivity contribution in [2.45, 2.75) is 25.3 Å². The van der Waals surface area contributed by atoms with Gasteiger partial charge in [0.2, 0.25) is 0 Å². The van der Waals surface area contributed by atoms with E-state index in [4.69, 9.17) is 0 Å². The molecule has 1 aliphatic rings. The quantitative estimate of drug-likeness (QED) is 0.859. The molecule has 2 aromatic rings. The maximum absolute atomic E-state index is 11.2. The summed E-state index contributed by atoms with van der Waals surface area (Å²) in [5, 5.41) is 12.2. The number of anilines is 1. The topological polar surface area (TPSA) is 75.1 Å². The molecule has 0 amide bonds. The molecule has 1 aromatic carbocycles. The Kier molecular flexibility index (Phi) is 3.03. The number of carbonyl (C=O) groups is 1. The number of para-hydroxylation sites is 2. The van der Waals surface area contributed by atoms with Gasteiger partial charge in [-0.2, -0.15) is 0 Å². The maximum atomic E-state index is 11.2. The molecule has 5 heteroatoms. The van der Waals surface area contributed by atoms with E-state index in [9.17, 15) is 9.90 Å². The lowest BCUT2D eigenvalue weighted by Gasteiger charge is -2.14. The summed E-state index contributed by atoms with van der Waals surface area (Å²) in [4.78, 5) is 19.9. The molecule has 0 bridgehead atoms. The summed E-state index contributed by atoms with van der Waals surface area (Å²) < 4.78 is 0. The molecule has 1 aliphatic carbocycles. The Morgan fingerprint density at radius 3 is 2.79 bits per heavy atom. The first-order valence-electron chi connectivity index (χ1n) is 6.43. The van der Waals surface area contributed by atoms with Crippen molar-refractivity contribution in [1.82, 2.24) is 9.97 Å². The van der Waals surface area contributed by atoms with Crippen LogP contribution in [-0.2, 0) is 4.79 Å². The van der Waals surface area contributed by atoms with Gasteiger partial charge in [0.25, 0.3) is 0 Å². The second kappa shape index (κ2) is 4.84. The molecule has 19 heavy (non-hydrogen) atoms. The van der Waals surface area contributed by atoms with Crippen LogP contribution in [0.1, 0.15) is 19.3 Å². The number of aliphatic carboxylic acids is 1. The summed E-state index contributed by atoms with van der Waals surface area (Å²) in [6.07, 6.45) is 4.51. The van der Waals surface area contributed by atoms with Gasteiger partial charge in [-0.15, -0.1) is 0 Å². The molecule has 0 spiro atoms. The van der Waals surface area contributed by atoms with Crippen molar-refractivity contribution in [3.8, 4) is 0 Å². The fourth-order valence-corrected chi connectivity index (χ4v) is 2.11. The number of hydrogen-bond donors (Lipinski definition) is 2. The maximum Gasteiger partial charge on any atom is 0.326 e. The van der Waals surface area contributed by atoms with Crippen LogP contribution < -0.4 is 5.32 Å². The summed E-state index contributed by atoms with van der Waals surface area (Å²) >= 11 is 0. The summed E-state index contributed by atoms with van der Waals surface area (Å²) in [6.45, 7) is 0. The van der Waals surface area contributed by atoms with Crippen molar-refractivity contribution in [1.29, 1.82) is 0 Å². The van der Waals surface area contributed by atoms with Crippen molar-refractivity contribution >= 4 is 22.8 Å². The number of carboxylic acid groups (broad SMARTS) is 1. The monoisotopic (exact) mass is 257 g/mol. The van der Waals surface area contributed by atoms with E-state index in [1.165, 1.54) is 0 Å². The number of carboxylic acids is 1. The smallest absolute Gasteiger partial charge is 0.326 e. The zero-order valence-corrected chi connectivity index (χ0v) is 10.4. The normalized spacial score (nSPS) is 16.2. The lowest BCUT2D eigenvalue weighted by atomic mass is 10.1. The van der Waals surface area contributed by atoms with Crippen LogP contribution in [0.2, 0.25) is 0 Å². The van der Waals surface area contributed by atoms with E-state index in [1.54, 1.807) is 6.20 Å². The van der Waals surface area contributed by atoms with Crippen LogP contribution in [0.3, 0.4) is 0 Å². The molecule has 1 fully saturated rings. The molecule has 0 radical (unpaired) electrons. The Morgan fingerprint density at radius 2 is 2.11 bits per heavy atom. The third kappa shape index (κ3) is 2.81. The fourth-order valence-electron chi connectivity index (χ4n) is 2.11. The molecule has 3 rings (SSSR count). The highest BCUT2D eigenvalue weighted by molar-refractivity contribution is 5.78. The standard InChI is InChI=1S/C14H15N3O2/c18-14(19)12(7-9-5-6-9)17-13-8-15-10-3-1-2-4-11(10)16-13/h1-4,8-9,12H,5-7H2,(H,16,17)(H,18,19). The van der Waals surface area contributed by atoms with Crippen LogP contribution in [0.4, 0.5) is 5.82 Å². The van der Waals surface area contributed by atoms with Crippen LogP contribution in [0.5, 0.6) is 0 Å². The molecule has 98 valence electrons. The van der Waals surface area contributed by atoms with E-state index in [0.717, 1.165) is 23.9 Å². The molecule has 1 aromatic heterocycles. The SMILES string of the molecule is O=C(O)C(CC1CC1)Nc1cnc2ccccc2n1. The molecule has 1 unspecified atom stereocenters. The van der Waals surface area contributed by atoms with Crippen LogP contribution in [0, 0.1) is 5.92 Å². The van der Waals surface area contributed by atoms with E-state index in [2.05, 4.69) is 15.3 Å². The van der Waals surface area contributed by atoms with Gasteiger partial charge in [0, 0.05) is 0 Å². The Hall–Kier alpha value is -2.17. The Balaban J connectivity index is 1.80. The molecule has 5 nitrogen and oxygen atoms in total. The number of aromatic nitrogens is 2. The van der Waals surface area contributed by atoms with Crippen molar-refractivity contribution in [2.75, 3.05) is 5.32 Å². The third-order valence-electron chi connectivity index (χ3n) is 3.33. The minimum Gasteiger partial charge on any atom is -0.480 e. The Labute approximate surface area is 110 Å². The number of hydrogen-bond acceptors (Lipinski definition) is 4. The largest absolute Gasteiger partial charge is 0.480 e. The van der Waals surface area contributed by atoms with Gasteiger partial charge < -0.3 is 10.4 Å². The summed E-state index contributed by atoms with van der Waals surface area (Å²) in [5.74, 6) is 0.232. The van der Waals surface area contributed by atoms with Crippen LogP contribution in [0.15, 0.2) is 30.5 Å². The second-order valence-corrected chi connectivity index (χ2v) is 4.96. The molecule has 1 heterocycles. The van der Waals surface area contributed by atoms with Gasteiger partial charge in [-0.25, -0.2) is 9.78 Å². The number of nitrogens with zero attached hydrogens (tertiary/aromatic N) is 2. The fraction of sp³-hybridized carbons (Fsp3) is 0.357. The lowest BCUT2D eigenvalue weighted by molar-refractivity contribution is -0.138. The first kappa shape index (κ1) is 11.9. The van der Waals surface area contributed by atoms with Crippen molar-refractivity contribution < 1.29 is 9.90 Å². The van der Waals surface area contributed by atoms with Crippen LogP contribution in [-0.4, -0.2) is 27.1 Å². The van der Waals surface area contributed by atoms with E-state index in [0.29, 0.717) is 18.2 Å². The highest BCUT2D eigenvalue weighted by Crippen LogP contribution is 2.34. The van der Waals surface area contributed by atoms with Gasteiger partial charge in [0.1, 0.15) is 11.9 Å². The molecule has 1 atom stereocenters. The third-order valence-corrected chi connectivity index (χ3v) is 3.33. The van der Waals surface area contributed by atoms with Gasteiger partial charge in [-0.3, -0.25) is 4.98 Å². The van der Waals surface area contributed by atoms with Crippen LogP contribution >= 0.6 is 0 Å². The van der Waals surface area contributed by atoms with Gasteiger partial charge in [-0.1, -0.05) is 25.0 Å².